The highest BCUT2D eigenvalue weighted by Crippen LogP contribution is 2.36. The van der Waals surface area contributed by atoms with Crippen LogP contribution >= 0.6 is 15.9 Å². The smallest absolute Gasteiger partial charge is 0.442 e. The lowest BCUT2D eigenvalue weighted by molar-refractivity contribution is -0.274. The van der Waals surface area contributed by atoms with Crippen LogP contribution in [0.2, 0.25) is 0 Å². The Morgan fingerprint density at radius 3 is 2.45 bits per heavy atom. The molecule has 0 atom stereocenters. The van der Waals surface area contributed by atoms with Crippen LogP contribution in [0.15, 0.2) is 22.8 Å². The highest BCUT2D eigenvalue weighted by molar-refractivity contribution is 9.10. The van der Waals surface area contributed by atoms with Crippen LogP contribution in [0.25, 0.3) is 10.9 Å². The maximum absolute atomic E-state index is 12.3. The highest BCUT2D eigenvalue weighted by atomic mass is 79.9. The number of hydrogen-bond acceptors (Lipinski definition) is 4. The Balaban J connectivity index is 2.42. The van der Waals surface area contributed by atoms with Crippen LogP contribution in [0.4, 0.5) is 18.0 Å². The summed E-state index contributed by atoms with van der Waals surface area (Å²) in [4.78, 5) is 12.0. The standard InChI is InChI=1S/C13H12BrF3N2O3/c1-12(2,3)22-11(20)19-8-4-5-9(21-13(15,16)17)10(14)7(8)6-18-19/h4-6H,1-3H3. The fourth-order valence-electron chi connectivity index (χ4n) is 1.70. The summed E-state index contributed by atoms with van der Waals surface area (Å²) in [6, 6.07) is 2.40. The number of alkyl halides is 3. The van der Waals surface area contributed by atoms with Crippen molar-refractivity contribution in [3.05, 3.63) is 22.8 Å². The Morgan fingerprint density at radius 1 is 1.27 bits per heavy atom. The van der Waals surface area contributed by atoms with E-state index in [1.165, 1.54) is 12.3 Å². The number of rotatable bonds is 1. The monoisotopic (exact) mass is 380 g/mol. The van der Waals surface area contributed by atoms with E-state index in [1.54, 1.807) is 20.8 Å². The molecule has 0 saturated carbocycles. The summed E-state index contributed by atoms with van der Waals surface area (Å²) in [5, 5.41) is 4.15. The van der Waals surface area contributed by atoms with E-state index >= 15 is 0 Å². The van der Waals surface area contributed by atoms with E-state index in [0.29, 0.717) is 10.9 Å². The molecule has 0 aliphatic carbocycles. The molecule has 0 bridgehead atoms. The Morgan fingerprint density at radius 2 is 1.91 bits per heavy atom. The van der Waals surface area contributed by atoms with Gasteiger partial charge in [0.15, 0.2) is 0 Å². The second kappa shape index (κ2) is 5.45. The Bertz CT molecular complexity index is 720. The summed E-state index contributed by atoms with van der Waals surface area (Å²) in [5.41, 5.74) is -0.415. The third kappa shape index (κ3) is 3.70. The molecule has 0 radical (unpaired) electrons. The first-order chi connectivity index (χ1) is 9.98. The van der Waals surface area contributed by atoms with Gasteiger partial charge in [-0.25, -0.2) is 4.79 Å². The van der Waals surface area contributed by atoms with E-state index < -0.39 is 23.8 Å². The van der Waals surface area contributed by atoms with Gasteiger partial charge in [0, 0.05) is 5.39 Å². The number of halogens is 4. The average Bonchev–Trinajstić information content (AvgIpc) is 2.73. The second-order valence-corrected chi connectivity index (χ2v) is 6.19. The molecule has 0 amide bonds. The molecule has 0 unspecified atom stereocenters. The summed E-state index contributed by atoms with van der Waals surface area (Å²) in [6.45, 7) is 5.09. The molecule has 0 aliphatic rings. The number of nitrogens with zero attached hydrogens (tertiary/aromatic N) is 2. The third-order valence-corrected chi connectivity index (χ3v) is 3.26. The van der Waals surface area contributed by atoms with E-state index in [1.807, 2.05) is 0 Å². The lowest BCUT2D eigenvalue weighted by Crippen LogP contribution is -2.27. The van der Waals surface area contributed by atoms with Gasteiger partial charge in [0.1, 0.15) is 11.4 Å². The highest BCUT2D eigenvalue weighted by Gasteiger charge is 2.32. The molecule has 2 aromatic rings. The van der Waals surface area contributed by atoms with E-state index in [9.17, 15) is 18.0 Å². The van der Waals surface area contributed by atoms with Gasteiger partial charge in [0.2, 0.25) is 0 Å². The molecule has 1 heterocycles. The zero-order valence-electron chi connectivity index (χ0n) is 11.9. The topological polar surface area (TPSA) is 53.4 Å². The van der Waals surface area contributed by atoms with Crippen LogP contribution in [-0.4, -0.2) is 27.8 Å². The number of carbonyl (C=O) groups excluding carboxylic acids is 1. The molecule has 0 fully saturated rings. The SMILES string of the molecule is CC(C)(C)OC(=O)n1ncc2c(Br)c(OC(F)(F)F)ccc21. The zero-order valence-corrected chi connectivity index (χ0v) is 13.4. The van der Waals surface area contributed by atoms with E-state index in [-0.39, 0.29) is 4.47 Å². The first-order valence-electron chi connectivity index (χ1n) is 6.13. The predicted molar refractivity (Wildman–Crippen MR) is 75.7 cm³/mol. The summed E-state index contributed by atoms with van der Waals surface area (Å²) < 4.78 is 47.0. The summed E-state index contributed by atoms with van der Waals surface area (Å²) >= 11 is 3.03. The molecule has 5 nitrogen and oxygen atoms in total. The molecule has 0 saturated heterocycles. The van der Waals surface area contributed by atoms with Gasteiger partial charge in [-0.05, 0) is 48.8 Å². The number of aromatic nitrogens is 2. The average molecular weight is 381 g/mol. The number of ether oxygens (including phenoxy) is 2. The number of fused-ring (bicyclic) bond motifs is 1. The summed E-state index contributed by atoms with van der Waals surface area (Å²) in [5.74, 6) is -0.413. The van der Waals surface area contributed by atoms with Crippen molar-refractivity contribution < 1.29 is 27.4 Å². The Labute approximate surface area is 132 Å². The van der Waals surface area contributed by atoms with E-state index in [4.69, 9.17) is 4.74 Å². The first kappa shape index (κ1) is 16.6. The Hall–Kier alpha value is -1.77. The van der Waals surface area contributed by atoms with Gasteiger partial charge in [0.25, 0.3) is 0 Å². The molecular formula is C13H12BrF3N2O3. The van der Waals surface area contributed by atoms with Gasteiger partial charge < -0.3 is 9.47 Å². The maximum atomic E-state index is 12.3. The van der Waals surface area contributed by atoms with Crippen LogP contribution < -0.4 is 4.74 Å². The molecule has 0 N–H and O–H groups in total. The van der Waals surface area contributed by atoms with Gasteiger partial charge in [-0.2, -0.15) is 9.78 Å². The van der Waals surface area contributed by atoms with Crippen molar-refractivity contribution in [2.75, 3.05) is 0 Å². The lowest BCUT2D eigenvalue weighted by atomic mass is 10.2. The minimum atomic E-state index is -4.81. The van der Waals surface area contributed by atoms with Crippen LogP contribution in [0.3, 0.4) is 0 Å². The fourth-order valence-corrected chi connectivity index (χ4v) is 2.22. The minimum Gasteiger partial charge on any atom is -0.442 e. The first-order valence-corrected chi connectivity index (χ1v) is 6.92. The van der Waals surface area contributed by atoms with Crippen LogP contribution in [0.1, 0.15) is 20.8 Å². The molecule has 0 spiro atoms. The molecule has 2 rings (SSSR count). The minimum absolute atomic E-state index is 0.0529. The molecule has 1 aromatic heterocycles. The van der Waals surface area contributed by atoms with Crippen LogP contribution in [0, 0.1) is 0 Å². The predicted octanol–water partition coefficient (Wildman–Crippen LogP) is 4.48. The Kier molecular flexibility index (Phi) is 4.12. The molecule has 22 heavy (non-hydrogen) atoms. The van der Waals surface area contributed by atoms with E-state index in [0.717, 1.165) is 10.7 Å². The summed E-state index contributed by atoms with van der Waals surface area (Å²) in [7, 11) is 0. The quantitative estimate of drug-likeness (QED) is 0.731. The van der Waals surface area contributed by atoms with Crippen molar-refractivity contribution in [1.82, 2.24) is 9.78 Å². The number of benzene rings is 1. The maximum Gasteiger partial charge on any atom is 0.573 e. The molecule has 9 heteroatoms. The molecule has 0 aliphatic heterocycles. The van der Waals surface area contributed by atoms with Gasteiger partial charge >= 0.3 is 12.5 Å². The van der Waals surface area contributed by atoms with E-state index in [2.05, 4.69) is 25.8 Å². The largest absolute Gasteiger partial charge is 0.573 e. The van der Waals surface area contributed by atoms with Gasteiger partial charge in [-0.3, -0.25) is 0 Å². The third-order valence-electron chi connectivity index (χ3n) is 2.44. The van der Waals surface area contributed by atoms with Gasteiger partial charge in [0.05, 0.1) is 16.2 Å². The fraction of sp³-hybridized carbons (Fsp3) is 0.385. The number of hydrogen-bond donors (Lipinski definition) is 0. The van der Waals surface area contributed by atoms with Crippen molar-refractivity contribution in [2.45, 2.75) is 32.7 Å². The second-order valence-electron chi connectivity index (χ2n) is 5.39. The van der Waals surface area contributed by atoms with Crippen molar-refractivity contribution in [3.8, 4) is 5.75 Å². The molecule has 120 valence electrons. The van der Waals surface area contributed by atoms with Crippen molar-refractivity contribution in [1.29, 1.82) is 0 Å². The van der Waals surface area contributed by atoms with Crippen molar-refractivity contribution in [3.63, 3.8) is 0 Å². The molecular weight excluding hydrogens is 369 g/mol. The van der Waals surface area contributed by atoms with Crippen molar-refractivity contribution >= 4 is 32.9 Å². The van der Waals surface area contributed by atoms with Crippen molar-refractivity contribution in [2.24, 2.45) is 0 Å². The van der Waals surface area contributed by atoms with Gasteiger partial charge in [-0.1, -0.05) is 0 Å². The van der Waals surface area contributed by atoms with Gasteiger partial charge in [-0.15, -0.1) is 13.2 Å². The zero-order chi connectivity index (χ0) is 16.7. The number of carbonyl (C=O) groups is 1. The van der Waals surface area contributed by atoms with Crippen LogP contribution in [0.5, 0.6) is 5.75 Å². The van der Waals surface area contributed by atoms with Crippen LogP contribution in [-0.2, 0) is 4.74 Å². The molecule has 1 aromatic carbocycles. The normalized spacial score (nSPS) is 12.5. The summed E-state index contributed by atoms with van der Waals surface area (Å²) in [6.07, 6.45) is -4.27. The lowest BCUT2D eigenvalue weighted by Gasteiger charge is -2.19.